The molecule has 3 aromatic carbocycles. The fourth-order valence-electron chi connectivity index (χ4n) is 3.02. The molecule has 1 N–H and O–H groups in total. The first kappa shape index (κ1) is 24.0. The van der Waals surface area contributed by atoms with Crippen LogP contribution in [0.1, 0.15) is 15.9 Å². The van der Waals surface area contributed by atoms with Crippen molar-refractivity contribution in [3.63, 3.8) is 0 Å². The Kier molecular flexibility index (Phi) is 7.49. The molecular formula is C23H22F2N2O5S. The van der Waals surface area contributed by atoms with Crippen molar-refractivity contribution in [3.8, 4) is 11.5 Å². The van der Waals surface area contributed by atoms with Crippen LogP contribution in [0, 0.1) is 0 Å². The van der Waals surface area contributed by atoms with Crippen molar-refractivity contribution in [3.05, 3.63) is 83.9 Å². The summed E-state index contributed by atoms with van der Waals surface area (Å²) in [6.45, 7) is -2.97. The Labute approximate surface area is 190 Å². The Morgan fingerprint density at radius 3 is 2.27 bits per heavy atom. The Hall–Kier alpha value is -3.66. The third-order valence-corrected chi connectivity index (χ3v) is 6.59. The number of nitrogens with zero attached hydrogens (tertiary/aromatic N) is 1. The van der Waals surface area contributed by atoms with Crippen molar-refractivity contribution in [2.75, 3.05) is 18.5 Å². The minimum atomic E-state index is -3.80. The number of anilines is 1. The Morgan fingerprint density at radius 2 is 1.67 bits per heavy atom. The molecule has 1 amide bonds. The van der Waals surface area contributed by atoms with Crippen molar-refractivity contribution in [2.24, 2.45) is 0 Å². The molecule has 0 radical (unpaired) electrons. The van der Waals surface area contributed by atoms with Crippen molar-refractivity contribution >= 4 is 21.6 Å². The molecule has 3 rings (SSSR count). The smallest absolute Gasteiger partial charge is 0.387 e. The van der Waals surface area contributed by atoms with Crippen LogP contribution in [0.4, 0.5) is 14.5 Å². The lowest BCUT2D eigenvalue weighted by Crippen LogP contribution is -2.27. The van der Waals surface area contributed by atoms with Gasteiger partial charge in [-0.15, -0.1) is 0 Å². The Bertz CT molecular complexity index is 1200. The zero-order chi connectivity index (χ0) is 24.0. The average molecular weight is 477 g/mol. The van der Waals surface area contributed by atoms with Gasteiger partial charge in [-0.1, -0.05) is 24.3 Å². The summed E-state index contributed by atoms with van der Waals surface area (Å²) >= 11 is 0. The number of nitrogens with one attached hydrogen (secondary N) is 1. The highest BCUT2D eigenvalue weighted by Crippen LogP contribution is 2.29. The molecule has 0 unspecified atom stereocenters. The number of alkyl halides is 2. The Morgan fingerprint density at radius 1 is 1.00 bits per heavy atom. The summed E-state index contributed by atoms with van der Waals surface area (Å²) in [4.78, 5) is 12.5. The molecular weight excluding hydrogens is 454 g/mol. The predicted octanol–water partition coefficient (Wildman–Crippen LogP) is 4.05. The molecule has 0 fully saturated rings. The molecule has 0 heterocycles. The summed E-state index contributed by atoms with van der Waals surface area (Å²) in [6.07, 6.45) is 0. The number of carbonyl (C=O) groups excluding carboxylic acids is 1. The van der Waals surface area contributed by atoms with E-state index in [1.54, 1.807) is 36.4 Å². The molecule has 174 valence electrons. The minimum absolute atomic E-state index is 0.0364. The van der Waals surface area contributed by atoms with Gasteiger partial charge in [-0.05, 0) is 54.1 Å². The maximum atomic E-state index is 12.8. The second-order valence-electron chi connectivity index (χ2n) is 6.88. The van der Waals surface area contributed by atoms with Gasteiger partial charge in [0, 0.05) is 19.2 Å². The van der Waals surface area contributed by atoms with E-state index in [9.17, 15) is 22.0 Å². The SMILES string of the molecule is COc1ccc(CNC(=O)c2ccc(S(=O)(=O)N(C)c3ccccc3)cc2)cc1OC(F)F. The van der Waals surface area contributed by atoms with E-state index in [0.29, 0.717) is 11.3 Å². The standard InChI is InChI=1S/C23H22F2N2O5S/c1-27(18-6-4-3-5-7-18)33(29,30)19-11-9-17(10-12-19)22(28)26-15-16-8-13-20(31-2)21(14-16)32-23(24)25/h3-14,23H,15H2,1-2H3,(H,26,28). The molecule has 0 aliphatic carbocycles. The first-order valence-corrected chi connectivity index (χ1v) is 11.2. The normalized spacial score (nSPS) is 11.2. The number of amides is 1. The van der Waals surface area contributed by atoms with Crippen molar-refractivity contribution < 1.29 is 31.5 Å². The van der Waals surface area contributed by atoms with Gasteiger partial charge >= 0.3 is 6.61 Å². The lowest BCUT2D eigenvalue weighted by molar-refractivity contribution is -0.0512. The van der Waals surface area contributed by atoms with Crippen LogP contribution in [0.25, 0.3) is 0 Å². The van der Waals surface area contributed by atoms with Crippen LogP contribution in [0.3, 0.4) is 0 Å². The largest absolute Gasteiger partial charge is 0.493 e. The number of halogens is 2. The van der Waals surface area contributed by atoms with Gasteiger partial charge in [0.05, 0.1) is 17.7 Å². The topological polar surface area (TPSA) is 84.9 Å². The van der Waals surface area contributed by atoms with Crippen molar-refractivity contribution in [2.45, 2.75) is 18.1 Å². The van der Waals surface area contributed by atoms with Crippen molar-refractivity contribution in [1.82, 2.24) is 5.32 Å². The van der Waals surface area contributed by atoms with Gasteiger partial charge in [0.2, 0.25) is 0 Å². The first-order valence-electron chi connectivity index (χ1n) is 9.76. The quantitative estimate of drug-likeness (QED) is 0.504. The highest BCUT2D eigenvalue weighted by molar-refractivity contribution is 7.92. The molecule has 0 spiro atoms. The van der Waals surface area contributed by atoms with Crippen LogP contribution < -0.4 is 19.1 Å². The summed E-state index contributed by atoms with van der Waals surface area (Å²) in [5.74, 6) is -0.457. The van der Waals surface area contributed by atoms with Gasteiger partial charge in [0.1, 0.15) is 0 Å². The summed E-state index contributed by atoms with van der Waals surface area (Å²) in [7, 11) is -1.02. The summed E-state index contributed by atoms with van der Waals surface area (Å²) < 4.78 is 61.4. The van der Waals surface area contributed by atoms with E-state index in [1.165, 1.54) is 50.6 Å². The number of hydrogen-bond acceptors (Lipinski definition) is 5. The van der Waals surface area contributed by atoms with Crippen LogP contribution in [-0.4, -0.2) is 35.1 Å². The molecule has 0 aliphatic rings. The van der Waals surface area contributed by atoms with Crippen LogP contribution in [0.15, 0.2) is 77.7 Å². The maximum absolute atomic E-state index is 12.8. The summed E-state index contributed by atoms with van der Waals surface area (Å²) in [5, 5.41) is 2.66. The fraction of sp³-hybridized carbons (Fsp3) is 0.174. The molecule has 3 aromatic rings. The number of ether oxygens (including phenoxy) is 2. The zero-order valence-corrected chi connectivity index (χ0v) is 18.7. The van der Waals surface area contributed by atoms with E-state index in [-0.39, 0.29) is 28.5 Å². The van der Waals surface area contributed by atoms with Gasteiger partial charge in [-0.25, -0.2) is 8.42 Å². The molecule has 0 saturated carbocycles. The summed E-state index contributed by atoms with van der Waals surface area (Å²) in [5.41, 5.74) is 1.27. The van der Waals surface area contributed by atoms with Crippen LogP contribution in [0.2, 0.25) is 0 Å². The van der Waals surface area contributed by atoms with Crippen molar-refractivity contribution in [1.29, 1.82) is 0 Å². The van der Waals surface area contributed by atoms with E-state index in [2.05, 4.69) is 10.1 Å². The van der Waals surface area contributed by atoms with E-state index in [0.717, 1.165) is 4.31 Å². The number of para-hydroxylation sites is 1. The van der Waals surface area contributed by atoms with E-state index in [4.69, 9.17) is 4.74 Å². The van der Waals surface area contributed by atoms with Crippen LogP contribution >= 0.6 is 0 Å². The van der Waals surface area contributed by atoms with Gasteiger partial charge < -0.3 is 14.8 Å². The second kappa shape index (κ2) is 10.3. The Balaban J connectivity index is 1.68. The van der Waals surface area contributed by atoms with Gasteiger partial charge in [0.15, 0.2) is 11.5 Å². The van der Waals surface area contributed by atoms with E-state index < -0.39 is 22.5 Å². The number of sulfonamides is 1. The van der Waals surface area contributed by atoms with Crippen LogP contribution in [-0.2, 0) is 16.6 Å². The minimum Gasteiger partial charge on any atom is -0.493 e. The second-order valence-corrected chi connectivity index (χ2v) is 8.85. The first-order chi connectivity index (χ1) is 15.7. The molecule has 10 heteroatoms. The number of methoxy groups -OCH3 is 1. The highest BCUT2D eigenvalue weighted by atomic mass is 32.2. The van der Waals surface area contributed by atoms with Gasteiger partial charge in [0.25, 0.3) is 15.9 Å². The number of benzene rings is 3. The van der Waals surface area contributed by atoms with Gasteiger partial charge in [-0.3, -0.25) is 9.10 Å². The van der Waals surface area contributed by atoms with E-state index >= 15 is 0 Å². The molecule has 7 nitrogen and oxygen atoms in total. The lowest BCUT2D eigenvalue weighted by Gasteiger charge is -2.19. The fourth-order valence-corrected chi connectivity index (χ4v) is 4.21. The number of hydrogen-bond donors (Lipinski definition) is 1. The average Bonchev–Trinajstić information content (AvgIpc) is 2.82. The third-order valence-electron chi connectivity index (χ3n) is 4.79. The number of carbonyl (C=O) groups is 1. The third kappa shape index (κ3) is 5.78. The molecule has 0 atom stereocenters. The highest BCUT2D eigenvalue weighted by Gasteiger charge is 2.21. The van der Waals surface area contributed by atoms with Crippen LogP contribution in [0.5, 0.6) is 11.5 Å². The molecule has 0 bridgehead atoms. The molecule has 33 heavy (non-hydrogen) atoms. The zero-order valence-electron chi connectivity index (χ0n) is 17.9. The summed E-state index contributed by atoms with van der Waals surface area (Å²) in [6, 6.07) is 18.5. The molecule has 0 saturated heterocycles. The maximum Gasteiger partial charge on any atom is 0.387 e. The molecule has 0 aliphatic heterocycles. The number of rotatable bonds is 9. The lowest BCUT2D eigenvalue weighted by atomic mass is 10.1. The van der Waals surface area contributed by atoms with Gasteiger partial charge in [-0.2, -0.15) is 8.78 Å². The van der Waals surface area contributed by atoms with E-state index in [1.807, 2.05) is 0 Å². The monoisotopic (exact) mass is 476 g/mol. The molecule has 0 aromatic heterocycles. The predicted molar refractivity (Wildman–Crippen MR) is 119 cm³/mol.